The van der Waals surface area contributed by atoms with Crippen molar-refractivity contribution in [1.29, 1.82) is 0 Å². The second-order valence-corrected chi connectivity index (χ2v) is 6.27. The summed E-state index contributed by atoms with van der Waals surface area (Å²) in [6.45, 7) is 4.40. The Morgan fingerprint density at radius 3 is 2.73 bits per heavy atom. The van der Waals surface area contributed by atoms with Crippen LogP contribution in [0.4, 0.5) is 0 Å². The fourth-order valence-corrected chi connectivity index (χ4v) is 2.58. The number of hydrogen-bond donors (Lipinski definition) is 1. The molecule has 0 aliphatic rings. The molecule has 0 radical (unpaired) electrons. The molecule has 22 heavy (non-hydrogen) atoms. The molecule has 116 valence electrons. The number of carbonyl (C=O) groups is 1. The average molecular weight is 362 g/mol. The van der Waals surface area contributed by atoms with Gasteiger partial charge < -0.3 is 10.1 Å². The summed E-state index contributed by atoms with van der Waals surface area (Å²) in [4.78, 5) is 12.0. The van der Waals surface area contributed by atoms with Crippen LogP contribution in [-0.4, -0.2) is 18.6 Å². The fraction of sp³-hybridized carbons (Fsp3) is 0.278. The van der Waals surface area contributed by atoms with Crippen molar-refractivity contribution in [3.63, 3.8) is 0 Å². The smallest absolute Gasteiger partial charge is 0.224 e. The van der Waals surface area contributed by atoms with Crippen molar-refractivity contribution >= 4 is 21.8 Å². The summed E-state index contributed by atoms with van der Waals surface area (Å²) >= 11 is 3.41. The fourth-order valence-electron chi connectivity index (χ4n) is 2.13. The number of nitrogens with one attached hydrogen (secondary N) is 1. The van der Waals surface area contributed by atoms with E-state index in [1.165, 1.54) is 0 Å². The largest absolute Gasteiger partial charge is 0.491 e. The zero-order valence-electron chi connectivity index (χ0n) is 12.8. The van der Waals surface area contributed by atoms with E-state index in [-0.39, 0.29) is 11.9 Å². The van der Waals surface area contributed by atoms with Crippen LogP contribution < -0.4 is 10.1 Å². The molecule has 0 bridgehead atoms. The lowest BCUT2D eigenvalue weighted by molar-refractivity contribution is -0.121. The highest BCUT2D eigenvalue weighted by atomic mass is 79.9. The van der Waals surface area contributed by atoms with Gasteiger partial charge in [0, 0.05) is 4.47 Å². The Labute approximate surface area is 139 Å². The zero-order valence-corrected chi connectivity index (χ0v) is 14.4. The van der Waals surface area contributed by atoms with Gasteiger partial charge in [-0.25, -0.2) is 0 Å². The van der Waals surface area contributed by atoms with Crippen molar-refractivity contribution in [3.05, 3.63) is 64.1 Å². The molecule has 0 heterocycles. The van der Waals surface area contributed by atoms with E-state index in [4.69, 9.17) is 4.74 Å². The van der Waals surface area contributed by atoms with Gasteiger partial charge >= 0.3 is 0 Å². The maximum atomic E-state index is 12.0. The quantitative estimate of drug-likeness (QED) is 0.847. The van der Waals surface area contributed by atoms with E-state index >= 15 is 0 Å². The average Bonchev–Trinajstić information content (AvgIpc) is 2.46. The van der Waals surface area contributed by atoms with Crippen LogP contribution in [0.5, 0.6) is 5.75 Å². The Morgan fingerprint density at radius 2 is 2.00 bits per heavy atom. The molecular weight excluding hydrogens is 342 g/mol. The SMILES string of the molecule is Cc1ccccc1OCC(C)NC(=O)Cc1cccc(Br)c1. The van der Waals surface area contributed by atoms with Crippen LogP contribution in [0.25, 0.3) is 0 Å². The molecule has 1 N–H and O–H groups in total. The summed E-state index contributed by atoms with van der Waals surface area (Å²) in [7, 11) is 0. The number of para-hydroxylation sites is 1. The molecule has 0 aliphatic carbocycles. The molecule has 1 atom stereocenters. The first-order chi connectivity index (χ1) is 10.5. The number of ether oxygens (including phenoxy) is 1. The second kappa shape index (κ2) is 7.99. The first kappa shape index (κ1) is 16.6. The highest BCUT2D eigenvalue weighted by molar-refractivity contribution is 9.10. The van der Waals surface area contributed by atoms with Gasteiger partial charge in [-0.2, -0.15) is 0 Å². The van der Waals surface area contributed by atoms with Crippen molar-refractivity contribution < 1.29 is 9.53 Å². The maximum absolute atomic E-state index is 12.0. The molecule has 0 fully saturated rings. The van der Waals surface area contributed by atoms with Crippen LogP contribution in [-0.2, 0) is 11.2 Å². The highest BCUT2D eigenvalue weighted by Gasteiger charge is 2.09. The standard InChI is InChI=1S/C18H20BrNO2/c1-13-6-3-4-9-17(13)22-12-14(2)20-18(21)11-15-7-5-8-16(19)10-15/h3-10,14H,11-12H2,1-2H3,(H,20,21). The number of aryl methyl sites for hydroxylation is 1. The van der Waals surface area contributed by atoms with Gasteiger partial charge in [0.25, 0.3) is 0 Å². The molecule has 0 aliphatic heterocycles. The highest BCUT2D eigenvalue weighted by Crippen LogP contribution is 2.16. The van der Waals surface area contributed by atoms with Gasteiger partial charge in [-0.1, -0.05) is 46.3 Å². The van der Waals surface area contributed by atoms with E-state index in [9.17, 15) is 4.79 Å². The predicted octanol–water partition coefficient (Wildman–Crippen LogP) is 3.88. The van der Waals surface area contributed by atoms with Crippen molar-refractivity contribution in [2.75, 3.05) is 6.61 Å². The number of rotatable bonds is 6. The van der Waals surface area contributed by atoms with E-state index in [0.717, 1.165) is 21.3 Å². The molecule has 2 aromatic rings. The van der Waals surface area contributed by atoms with Gasteiger partial charge in [0.05, 0.1) is 12.5 Å². The van der Waals surface area contributed by atoms with E-state index in [2.05, 4.69) is 21.2 Å². The van der Waals surface area contributed by atoms with Gasteiger partial charge in [-0.05, 0) is 43.2 Å². The molecule has 1 amide bonds. The van der Waals surface area contributed by atoms with Crippen LogP contribution in [0.2, 0.25) is 0 Å². The zero-order chi connectivity index (χ0) is 15.9. The van der Waals surface area contributed by atoms with Gasteiger partial charge in [0.15, 0.2) is 0 Å². The number of carbonyl (C=O) groups excluding carboxylic acids is 1. The van der Waals surface area contributed by atoms with Crippen molar-refractivity contribution in [3.8, 4) is 5.75 Å². The van der Waals surface area contributed by atoms with E-state index in [1.807, 2.05) is 62.4 Å². The Morgan fingerprint density at radius 1 is 1.23 bits per heavy atom. The van der Waals surface area contributed by atoms with Gasteiger partial charge in [-0.3, -0.25) is 4.79 Å². The first-order valence-corrected chi connectivity index (χ1v) is 8.06. The molecule has 0 saturated carbocycles. The lowest BCUT2D eigenvalue weighted by Crippen LogP contribution is -2.37. The van der Waals surface area contributed by atoms with Crippen molar-refractivity contribution in [1.82, 2.24) is 5.32 Å². The molecule has 2 aromatic carbocycles. The molecule has 3 nitrogen and oxygen atoms in total. The number of hydrogen-bond acceptors (Lipinski definition) is 2. The lowest BCUT2D eigenvalue weighted by atomic mass is 10.1. The van der Waals surface area contributed by atoms with Crippen LogP contribution in [0.1, 0.15) is 18.1 Å². The summed E-state index contributed by atoms with van der Waals surface area (Å²) in [6.07, 6.45) is 0.369. The van der Waals surface area contributed by atoms with Crippen LogP contribution in [0.3, 0.4) is 0 Å². The second-order valence-electron chi connectivity index (χ2n) is 5.35. The summed E-state index contributed by atoms with van der Waals surface area (Å²) < 4.78 is 6.73. The molecule has 0 spiro atoms. The molecule has 4 heteroatoms. The van der Waals surface area contributed by atoms with Crippen molar-refractivity contribution in [2.24, 2.45) is 0 Å². The molecule has 0 aromatic heterocycles. The number of amides is 1. The van der Waals surface area contributed by atoms with Gasteiger partial charge in [0.1, 0.15) is 12.4 Å². The molecule has 2 rings (SSSR count). The third-order valence-electron chi connectivity index (χ3n) is 3.24. The summed E-state index contributed by atoms with van der Waals surface area (Å²) in [5.41, 5.74) is 2.08. The lowest BCUT2D eigenvalue weighted by Gasteiger charge is -2.16. The van der Waals surface area contributed by atoms with Gasteiger partial charge in [-0.15, -0.1) is 0 Å². The van der Waals surface area contributed by atoms with Crippen LogP contribution in [0.15, 0.2) is 53.0 Å². The molecule has 0 saturated heterocycles. The van der Waals surface area contributed by atoms with Crippen LogP contribution in [0, 0.1) is 6.92 Å². The van der Waals surface area contributed by atoms with E-state index in [0.29, 0.717) is 13.0 Å². The summed E-state index contributed by atoms with van der Waals surface area (Å²) in [5.74, 6) is 0.856. The predicted molar refractivity (Wildman–Crippen MR) is 92.1 cm³/mol. The number of benzene rings is 2. The third-order valence-corrected chi connectivity index (χ3v) is 3.74. The summed E-state index contributed by atoms with van der Waals surface area (Å²) in [6, 6.07) is 15.6. The monoisotopic (exact) mass is 361 g/mol. The minimum atomic E-state index is -0.0424. The summed E-state index contributed by atoms with van der Waals surface area (Å²) in [5, 5.41) is 2.96. The third kappa shape index (κ3) is 5.19. The first-order valence-electron chi connectivity index (χ1n) is 7.27. The van der Waals surface area contributed by atoms with Gasteiger partial charge in [0.2, 0.25) is 5.91 Å². The Balaban J connectivity index is 1.80. The van der Waals surface area contributed by atoms with Crippen LogP contribution >= 0.6 is 15.9 Å². The molecule has 1 unspecified atom stereocenters. The Hall–Kier alpha value is -1.81. The van der Waals surface area contributed by atoms with E-state index < -0.39 is 0 Å². The topological polar surface area (TPSA) is 38.3 Å². The number of halogens is 1. The van der Waals surface area contributed by atoms with Crippen molar-refractivity contribution in [2.45, 2.75) is 26.3 Å². The minimum absolute atomic E-state index is 0.000941. The molecular formula is C18H20BrNO2. The maximum Gasteiger partial charge on any atom is 0.224 e. The van der Waals surface area contributed by atoms with E-state index in [1.54, 1.807) is 0 Å². The normalized spacial score (nSPS) is 11.8. The Kier molecular flexibility index (Phi) is 6.01. The Bertz CT molecular complexity index is 642. The minimum Gasteiger partial charge on any atom is -0.491 e.